The van der Waals surface area contributed by atoms with Crippen LogP contribution in [0.15, 0.2) is 36.7 Å². The normalized spacial score (nSPS) is 17.0. The second kappa shape index (κ2) is 7.18. The Morgan fingerprint density at radius 3 is 2.54 bits per heavy atom. The molecule has 5 nitrogen and oxygen atoms in total. The Morgan fingerprint density at radius 1 is 1.17 bits per heavy atom. The van der Waals surface area contributed by atoms with Crippen molar-refractivity contribution in [2.24, 2.45) is 0 Å². The van der Waals surface area contributed by atoms with Crippen molar-refractivity contribution >= 4 is 5.91 Å². The number of carbonyl (C=O) groups excluding carboxylic acids is 1. The molecule has 24 heavy (non-hydrogen) atoms. The van der Waals surface area contributed by atoms with E-state index in [9.17, 15) is 4.79 Å². The number of nitrogens with zero attached hydrogens (tertiary/aromatic N) is 4. The molecule has 0 radical (unpaired) electrons. The fourth-order valence-corrected chi connectivity index (χ4v) is 3.22. The minimum absolute atomic E-state index is 0.160. The zero-order valence-corrected chi connectivity index (χ0v) is 14.8. The van der Waals surface area contributed by atoms with Crippen molar-refractivity contribution in [3.05, 3.63) is 53.3 Å². The minimum atomic E-state index is -0.234. The molecular weight excluding hydrogens is 300 g/mol. The lowest BCUT2D eigenvalue weighted by atomic mass is 10.1. The average molecular weight is 326 g/mol. The molecule has 2 heterocycles. The largest absolute Gasteiger partial charge is 0.338 e. The molecule has 0 bridgehead atoms. The summed E-state index contributed by atoms with van der Waals surface area (Å²) in [6, 6.07) is 8.41. The van der Waals surface area contributed by atoms with Crippen LogP contribution in [0, 0.1) is 13.8 Å². The predicted molar refractivity (Wildman–Crippen MR) is 94.7 cm³/mol. The van der Waals surface area contributed by atoms with Crippen LogP contribution in [-0.4, -0.2) is 51.7 Å². The van der Waals surface area contributed by atoms with E-state index >= 15 is 0 Å². The Morgan fingerprint density at radius 2 is 1.92 bits per heavy atom. The summed E-state index contributed by atoms with van der Waals surface area (Å²) in [4.78, 5) is 17.0. The molecule has 128 valence electrons. The first-order chi connectivity index (χ1) is 11.5. The van der Waals surface area contributed by atoms with Gasteiger partial charge in [-0.1, -0.05) is 29.8 Å². The Labute approximate surface area is 143 Å². The lowest BCUT2D eigenvalue weighted by Crippen LogP contribution is -2.49. The van der Waals surface area contributed by atoms with Crippen molar-refractivity contribution < 1.29 is 4.79 Å². The molecule has 1 unspecified atom stereocenters. The third kappa shape index (κ3) is 3.85. The van der Waals surface area contributed by atoms with Gasteiger partial charge in [0.05, 0.1) is 6.20 Å². The number of hydrogen-bond acceptors (Lipinski definition) is 3. The summed E-state index contributed by atoms with van der Waals surface area (Å²) in [6.07, 6.45) is 3.72. The van der Waals surface area contributed by atoms with Crippen LogP contribution in [0.2, 0.25) is 0 Å². The van der Waals surface area contributed by atoms with Gasteiger partial charge in [-0.2, -0.15) is 5.10 Å². The predicted octanol–water partition coefficient (Wildman–Crippen LogP) is 2.41. The van der Waals surface area contributed by atoms with Gasteiger partial charge in [0.25, 0.3) is 0 Å². The summed E-state index contributed by atoms with van der Waals surface area (Å²) in [5.41, 5.74) is 3.72. The van der Waals surface area contributed by atoms with Crippen LogP contribution in [0.3, 0.4) is 0 Å². The number of piperazine rings is 1. The van der Waals surface area contributed by atoms with Crippen molar-refractivity contribution in [1.82, 2.24) is 19.6 Å². The molecule has 1 saturated heterocycles. The van der Waals surface area contributed by atoms with E-state index < -0.39 is 0 Å². The Kier molecular flexibility index (Phi) is 5.00. The van der Waals surface area contributed by atoms with Crippen molar-refractivity contribution in [3.63, 3.8) is 0 Å². The van der Waals surface area contributed by atoms with Gasteiger partial charge < -0.3 is 4.90 Å². The number of amides is 1. The molecule has 3 rings (SSSR count). The van der Waals surface area contributed by atoms with E-state index in [-0.39, 0.29) is 11.9 Å². The molecular formula is C19H26N4O. The third-order valence-corrected chi connectivity index (χ3v) is 4.66. The summed E-state index contributed by atoms with van der Waals surface area (Å²) in [5.74, 6) is 0.160. The second-order valence-electron chi connectivity index (χ2n) is 6.76. The smallest absolute Gasteiger partial charge is 0.247 e. The van der Waals surface area contributed by atoms with Crippen LogP contribution < -0.4 is 0 Å². The molecule has 1 atom stereocenters. The molecule has 0 N–H and O–H groups in total. The number of aryl methyl sites for hydroxylation is 2. The first kappa shape index (κ1) is 16.7. The van der Waals surface area contributed by atoms with E-state index in [2.05, 4.69) is 41.2 Å². The van der Waals surface area contributed by atoms with Crippen LogP contribution >= 0.6 is 0 Å². The Hall–Kier alpha value is -2.14. The molecule has 0 spiro atoms. The van der Waals surface area contributed by atoms with Crippen molar-refractivity contribution in [2.45, 2.75) is 33.4 Å². The maximum Gasteiger partial charge on any atom is 0.247 e. The quantitative estimate of drug-likeness (QED) is 0.866. The zero-order valence-electron chi connectivity index (χ0n) is 14.8. The lowest BCUT2D eigenvalue weighted by molar-refractivity contribution is -0.136. The van der Waals surface area contributed by atoms with E-state index in [1.165, 1.54) is 11.1 Å². The maximum atomic E-state index is 12.7. The average Bonchev–Trinajstić information content (AvgIpc) is 3.01. The number of aromatic nitrogens is 2. The summed E-state index contributed by atoms with van der Waals surface area (Å²) >= 11 is 0. The van der Waals surface area contributed by atoms with Crippen molar-refractivity contribution in [1.29, 1.82) is 0 Å². The Balaban J connectivity index is 1.53. The fraction of sp³-hybridized carbons (Fsp3) is 0.474. The van der Waals surface area contributed by atoms with Crippen LogP contribution in [-0.2, 0) is 11.3 Å². The molecule has 2 aromatic rings. The lowest BCUT2D eigenvalue weighted by Gasteiger charge is -2.36. The maximum absolute atomic E-state index is 12.7. The van der Waals surface area contributed by atoms with Crippen molar-refractivity contribution in [3.8, 4) is 0 Å². The van der Waals surface area contributed by atoms with Crippen molar-refractivity contribution in [2.75, 3.05) is 26.2 Å². The van der Waals surface area contributed by atoms with E-state index in [4.69, 9.17) is 0 Å². The highest BCUT2D eigenvalue weighted by Gasteiger charge is 2.26. The number of benzene rings is 1. The second-order valence-corrected chi connectivity index (χ2v) is 6.76. The van der Waals surface area contributed by atoms with Crippen LogP contribution in [0.4, 0.5) is 0 Å². The highest BCUT2D eigenvalue weighted by Crippen LogP contribution is 2.14. The van der Waals surface area contributed by atoms with E-state index in [0.717, 1.165) is 38.3 Å². The topological polar surface area (TPSA) is 41.4 Å². The number of carbonyl (C=O) groups is 1. The molecule has 1 amide bonds. The molecule has 1 aliphatic rings. The van der Waals surface area contributed by atoms with Crippen LogP contribution in [0.25, 0.3) is 0 Å². The fourth-order valence-electron chi connectivity index (χ4n) is 3.22. The van der Waals surface area contributed by atoms with Gasteiger partial charge in [-0.3, -0.25) is 14.4 Å². The molecule has 1 aromatic heterocycles. The SMILES string of the molecule is Cc1cccc(CN2CCN(C(=O)C(C)n3cc(C)cn3)CC2)c1. The summed E-state index contributed by atoms with van der Waals surface area (Å²) in [7, 11) is 0. The first-order valence-electron chi connectivity index (χ1n) is 8.60. The molecule has 0 aliphatic carbocycles. The van der Waals surface area contributed by atoms with Gasteiger partial charge in [-0.05, 0) is 31.9 Å². The third-order valence-electron chi connectivity index (χ3n) is 4.66. The molecule has 1 fully saturated rings. The first-order valence-corrected chi connectivity index (χ1v) is 8.60. The van der Waals surface area contributed by atoms with Gasteiger partial charge in [0.15, 0.2) is 0 Å². The van der Waals surface area contributed by atoms with E-state index in [0.29, 0.717) is 0 Å². The van der Waals surface area contributed by atoms with Gasteiger partial charge >= 0.3 is 0 Å². The number of rotatable bonds is 4. The summed E-state index contributed by atoms with van der Waals surface area (Å²) < 4.78 is 1.76. The summed E-state index contributed by atoms with van der Waals surface area (Å²) in [5, 5.41) is 4.27. The highest BCUT2D eigenvalue weighted by atomic mass is 16.2. The van der Waals surface area contributed by atoms with Crippen LogP contribution in [0.5, 0.6) is 0 Å². The molecule has 5 heteroatoms. The number of hydrogen-bond donors (Lipinski definition) is 0. The molecule has 0 saturated carbocycles. The Bertz CT molecular complexity index is 701. The van der Waals surface area contributed by atoms with Gasteiger partial charge in [-0.15, -0.1) is 0 Å². The zero-order chi connectivity index (χ0) is 17.1. The monoisotopic (exact) mass is 326 g/mol. The van der Waals surface area contributed by atoms with Gasteiger partial charge in [0.1, 0.15) is 6.04 Å². The molecule has 1 aliphatic heterocycles. The van der Waals surface area contributed by atoms with Crippen LogP contribution in [0.1, 0.15) is 29.7 Å². The minimum Gasteiger partial charge on any atom is -0.338 e. The van der Waals surface area contributed by atoms with Gasteiger partial charge in [-0.25, -0.2) is 0 Å². The van der Waals surface area contributed by atoms with E-state index in [1.54, 1.807) is 10.9 Å². The van der Waals surface area contributed by atoms with Gasteiger partial charge in [0.2, 0.25) is 5.91 Å². The standard InChI is InChI=1S/C19H26N4O/c1-15-5-4-6-18(11-15)14-21-7-9-22(10-8-21)19(24)17(3)23-13-16(2)12-20-23/h4-6,11-13,17H,7-10,14H2,1-3H3. The van der Waals surface area contributed by atoms with E-state index in [1.807, 2.05) is 24.9 Å². The summed E-state index contributed by atoms with van der Waals surface area (Å²) in [6.45, 7) is 10.4. The highest BCUT2D eigenvalue weighted by molar-refractivity contribution is 5.80. The molecule has 1 aromatic carbocycles. The van der Waals surface area contributed by atoms with Gasteiger partial charge in [0, 0.05) is 38.9 Å².